The highest BCUT2D eigenvalue weighted by molar-refractivity contribution is 5.94. The van der Waals surface area contributed by atoms with E-state index in [0.717, 1.165) is 22.6 Å². The number of carbonyl (C=O) groups is 2. The second-order valence-electron chi connectivity index (χ2n) is 6.74. The van der Waals surface area contributed by atoms with E-state index in [4.69, 9.17) is 15.2 Å². The Hall–Kier alpha value is -3.87. The summed E-state index contributed by atoms with van der Waals surface area (Å²) in [6.45, 7) is 4.14. The van der Waals surface area contributed by atoms with Crippen molar-refractivity contribution in [3.05, 3.63) is 82.7 Å². The first-order valence-electron chi connectivity index (χ1n) is 9.34. The molecular formula is C23H23N3O4. The van der Waals surface area contributed by atoms with E-state index in [1.54, 1.807) is 61.8 Å². The number of ether oxygens (including phenoxy) is 2. The van der Waals surface area contributed by atoms with Gasteiger partial charge >= 0.3 is 0 Å². The maximum atomic E-state index is 12.5. The number of nitrogens with zero attached hydrogens (tertiary/aromatic N) is 1. The van der Waals surface area contributed by atoms with Crippen molar-refractivity contribution in [2.45, 2.75) is 20.4 Å². The monoisotopic (exact) mass is 405 g/mol. The van der Waals surface area contributed by atoms with E-state index in [1.165, 1.54) is 0 Å². The van der Waals surface area contributed by atoms with Crippen LogP contribution in [0.4, 0.5) is 0 Å². The molecule has 0 saturated carbocycles. The Bertz CT molecular complexity index is 1060. The number of benzene rings is 2. The number of carbonyl (C=O) groups excluding carboxylic acids is 2. The van der Waals surface area contributed by atoms with Gasteiger partial charge in [-0.05, 0) is 62.4 Å². The first-order chi connectivity index (χ1) is 14.4. The summed E-state index contributed by atoms with van der Waals surface area (Å²) in [5, 5.41) is 2.87. The summed E-state index contributed by atoms with van der Waals surface area (Å²) in [7, 11) is 1.62. The second kappa shape index (κ2) is 9.09. The fraction of sp³-hybridized carbons (Fsp3) is 0.174. The van der Waals surface area contributed by atoms with E-state index in [9.17, 15) is 9.59 Å². The van der Waals surface area contributed by atoms with Gasteiger partial charge in [-0.3, -0.25) is 14.6 Å². The average molecular weight is 405 g/mol. The molecule has 0 aliphatic rings. The Labute approximate surface area is 174 Å². The van der Waals surface area contributed by atoms with E-state index in [1.807, 2.05) is 13.8 Å². The zero-order valence-corrected chi connectivity index (χ0v) is 17.1. The van der Waals surface area contributed by atoms with Gasteiger partial charge in [0.05, 0.1) is 19.3 Å². The summed E-state index contributed by atoms with van der Waals surface area (Å²) < 4.78 is 11.1. The van der Waals surface area contributed by atoms with E-state index < -0.39 is 5.91 Å². The molecule has 3 rings (SSSR count). The number of nitrogens with one attached hydrogen (secondary N) is 1. The molecule has 0 unspecified atom stereocenters. The van der Waals surface area contributed by atoms with Crippen LogP contribution in [-0.4, -0.2) is 23.9 Å². The van der Waals surface area contributed by atoms with Gasteiger partial charge in [-0.15, -0.1) is 0 Å². The van der Waals surface area contributed by atoms with E-state index in [2.05, 4.69) is 10.3 Å². The molecule has 0 aliphatic carbocycles. The summed E-state index contributed by atoms with van der Waals surface area (Å²) in [6, 6.07) is 13.3. The molecule has 0 spiro atoms. The molecule has 7 nitrogen and oxygen atoms in total. The van der Waals surface area contributed by atoms with Gasteiger partial charge in [0.1, 0.15) is 17.2 Å². The SMILES string of the molecule is COc1c(C)cnc(CNC(=O)c2ccc(Oc3ccc(C(N)=O)cc3)cc2)c1C. The summed E-state index contributed by atoms with van der Waals surface area (Å²) in [6.07, 6.45) is 1.73. The molecule has 1 aromatic heterocycles. The fourth-order valence-electron chi connectivity index (χ4n) is 3.01. The smallest absolute Gasteiger partial charge is 0.251 e. The summed E-state index contributed by atoms with van der Waals surface area (Å²) in [4.78, 5) is 28.0. The van der Waals surface area contributed by atoms with Crippen molar-refractivity contribution in [3.8, 4) is 17.2 Å². The third kappa shape index (κ3) is 4.75. The number of methoxy groups -OCH3 is 1. The topological polar surface area (TPSA) is 104 Å². The summed E-state index contributed by atoms with van der Waals surface area (Å²) in [5.74, 6) is 1.20. The lowest BCUT2D eigenvalue weighted by atomic mass is 10.1. The predicted molar refractivity (Wildman–Crippen MR) is 113 cm³/mol. The first kappa shape index (κ1) is 20.9. The Kier molecular flexibility index (Phi) is 6.32. The maximum absolute atomic E-state index is 12.5. The predicted octanol–water partition coefficient (Wildman–Crippen LogP) is 3.53. The van der Waals surface area contributed by atoms with Gasteiger partial charge in [0, 0.05) is 28.5 Å². The minimum Gasteiger partial charge on any atom is -0.496 e. The molecule has 0 fully saturated rings. The van der Waals surface area contributed by atoms with Crippen molar-refractivity contribution in [2.24, 2.45) is 5.73 Å². The molecule has 0 atom stereocenters. The molecule has 0 radical (unpaired) electrons. The number of amides is 2. The van der Waals surface area contributed by atoms with Crippen LogP contribution in [0.1, 0.15) is 37.5 Å². The van der Waals surface area contributed by atoms with Gasteiger partial charge in [-0.2, -0.15) is 0 Å². The molecule has 3 aromatic rings. The molecule has 30 heavy (non-hydrogen) atoms. The van der Waals surface area contributed by atoms with Crippen molar-refractivity contribution in [1.82, 2.24) is 10.3 Å². The van der Waals surface area contributed by atoms with Crippen molar-refractivity contribution < 1.29 is 19.1 Å². The minimum atomic E-state index is -0.494. The molecule has 2 aromatic carbocycles. The fourth-order valence-corrected chi connectivity index (χ4v) is 3.01. The van der Waals surface area contributed by atoms with E-state index in [-0.39, 0.29) is 5.91 Å². The van der Waals surface area contributed by atoms with Crippen LogP contribution in [0.2, 0.25) is 0 Å². The number of primary amides is 1. The van der Waals surface area contributed by atoms with Crippen LogP contribution in [0.15, 0.2) is 54.7 Å². The Balaban J connectivity index is 1.62. The van der Waals surface area contributed by atoms with Crippen molar-refractivity contribution in [1.29, 1.82) is 0 Å². The van der Waals surface area contributed by atoms with E-state index >= 15 is 0 Å². The Morgan fingerprint density at radius 1 is 0.967 bits per heavy atom. The van der Waals surface area contributed by atoms with Crippen LogP contribution < -0.4 is 20.5 Å². The van der Waals surface area contributed by atoms with Crippen molar-refractivity contribution >= 4 is 11.8 Å². The van der Waals surface area contributed by atoms with Crippen LogP contribution in [0.25, 0.3) is 0 Å². The van der Waals surface area contributed by atoms with Gasteiger partial charge in [0.2, 0.25) is 5.91 Å². The zero-order valence-electron chi connectivity index (χ0n) is 17.1. The molecule has 0 aliphatic heterocycles. The highest BCUT2D eigenvalue weighted by Crippen LogP contribution is 2.24. The maximum Gasteiger partial charge on any atom is 0.251 e. The Morgan fingerprint density at radius 2 is 1.53 bits per heavy atom. The number of hydrogen-bond donors (Lipinski definition) is 2. The van der Waals surface area contributed by atoms with Crippen molar-refractivity contribution in [3.63, 3.8) is 0 Å². The zero-order chi connectivity index (χ0) is 21.7. The number of hydrogen-bond acceptors (Lipinski definition) is 5. The molecule has 0 bridgehead atoms. The highest BCUT2D eigenvalue weighted by atomic mass is 16.5. The van der Waals surface area contributed by atoms with Gasteiger partial charge in [0.25, 0.3) is 5.91 Å². The number of aryl methyl sites for hydroxylation is 1. The van der Waals surface area contributed by atoms with Crippen molar-refractivity contribution in [2.75, 3.05) is 7.11 Å². The first-order valence-corrected chi connectivity index (χ1v) is 9.34. The Morgan fingerprint density at radius 3 is 2.07 bits per heavy atom. The van der Waals surface area contributed by atoms with E-state index in [0.29, 0.717) is 29.2 Å². The minimum absolute atomic E-state index is 0.215. The molecule has 7 heteroatoms. The van der Waals surface area contributed by atoms with Crippen LogP contribution >= 0.6 is 0 Å². The lowest BCUT2D eigenvalue weighted by Crippen LogP contribution is -2.23. The normalized spacial score (nSPS) is 10.4. The van der Waals surface area contributed by atoms with Crippen LogP contribution in [0, 0.1) is 13.8 Å². The number of rotatable bonds is 7. The third-order valence-electron chi connectivity index (χ3n) is 4.66. The molecule has 2 amide bonds. The lowest BCUT2D eigenvalue weighted by molar-refractivity contribution is 0.0949. The quantitative estimate of drug-likeness (QED) is 0.626. The highest BCUT2D eigenvalue weighted by Gasteiger charge is 2.12. The van der Waals surface area contributed by atoms with Crippen LogP contribution in [0.3, 0.4) is 0 Å². The molecule has 154 valence electrons. The molecule has 0 saturated heterocycles. The van der Waals surface area contributed by atoms with Gasteiger partial charge in [-0.25, -0.2) is 0 Å². The number of nitrogens with two attached hydrogens (primary N) is 1. The summed E-state index contributed by atoms with van der Waals surface area (Å²) in [5.41, 5.74) is 8.75. The second-order valence-corrected chi connectivity index (χ2v) is 6.74. The average Bonchev–Trinajstić information content (AvgIpc) is 2.74. The largest absolute Gasteiger partial charge is 0.496 e. The standard InChI is InChI=1S/C23H23N3O4/c1-14-12-25-20(15(2)21(14)29-3)13-26-23(28)17-6-10-19(11-7-17)30-18-8-4-16(5-9-18)22(24)27/h4-12H,13H2,1-3H3,(H2,24,27)(H,26,28). The van der Waals surface area contributed by atoms with Crippen LogP contribution in [0.5, 0.6) is 17.2 Å². The molecule has 3 N–H and O–H groups in total. The van der Waals surface area contributed by atoms with Gasteiger partial charge in [-0.1, -0.05) is 0 Å². The lowest BCUT2D eigenvalue weighted by Gasteiger charge is -2.13. The van der Waals surface area contributed by atoms with Crippen LogP contribution in [-0.2, 0) is 6.54 Å². The number of aromatic nitrogens is 1. The van der Waals surface area contributed by atoms with Gasteiger partial charge < -0.3 is 20.5 Å². The molecular weight excluding hydrogens is 382 g/mol. The summed E-state index contributed by atoms with van der Waals surface area (Å²) >= 11 is 0. The third-order valence-corrected chi connectivity index (χ3v) is 4.66. The number of pyridine rings is 1. The molecule has 1 heterocycles. The van der Waals surface area contributed by atoms with Gasteiger partial charge in [0.15, 0.2) is 0 Å².